The summed E-state index contributed by atoms with van der Waals surface area (Å²) in [6, 6.07) is 3.73. The Labute approximate surface area is 146 Å². The van der Waals surface area contributed by atoms with Gasteiger partial charge in [-0.15, -0.1) is 0 Å². The van der Waals surface area contributed by atoms with Crippen LogP contribution in [0.15, 0.2) is 37.1 Å². The third-order valence-electron chi connectivity index (χ3n) is 4.14. The van der Waals surface area contributed by atoms with Gasteiger partial charge in [-0.25, -0.2) is 14.8 Å². The van der Waals surface area contributed by atoms with Crippen LogP contribution in [0.25, 0.3) is 5.82 Å². The Balaban J connectivity index is 1.51. The molecule has 2 aromatic heterocycles. The van der Waals surface area contributed by atoms with Gasteiger partial charge in [-0.1, -0.05) is 6.07 Å². The Morgan fingerprint density at radius 1 is 1.36 bits per heavy atom. The van der Waals surface area contributed by atoms with E-state index in [1.54, 1.807) is 23.6 Å². The molecule has 1 fully saturated rings. The Morgan fingerprint density at radius 3 is 2.92 bits per heavy atom. The van der Waals surface area contributed by atoms with E-state index in [1.165, 1.54) is 6.92 Å². The molecule has 3 amide bonds. The van der Waals surface area contributed by atoms with Crippen LogP contribution in [0, 0.1) is 0 Å². The second kappa shape index (κ2) is 7.78. The molecule has 1 unspecified atom stereocenters. The maximum atomic E-state index is 12.3. The van der Waals surface area contributed by atoms with Gasteiger partial charge in [0.1, 0.15) is 12.1 Å². The van der Waals surface area contributed by atoms with Crippen LogP contribution in [-0.2, 0) is 11.3 Å². The lowest BCUT2D eigenvalue weighted by Gasteiger charge is -2.33. The Kier molecular flexibility index (Phi) is 5.27. The van der Waals surface area contributed by atoms with Crippen molar-refractivity contribution < 1.29 is 9.59 Å². The molecule has 1 aliphatic heterocycles. The van der Waals surface area contributed by atoms with Gasteiger partial charge in [0, 0.05) is 51.2 Å². The van der Waals surface area contributed by atoms with E-state index in [0.29, 0.717) is 19.6 Å². The number of pyridine rings is 1. The molecule has 2 N–H and O–H groups in total. The van der Waals surface area contributed by atoms with Crippen molar-refractivity contribution in [3.63, 3.8) is 0 Å². The van der Waals surface area contributed by atoms with Crippen LogP contribution in [0.5, 0.6) is 0 Å². The van der Waals surface area contributed by atoms with Gasteiger partial charge in [-0.05, 0) is 24.5 Å². The van der Waals surface area contributed by atoms with E-state index in [0.717, 1.165) is 24.2 Å². The Bertz CT molecular complexity index is 713. The third-order valence-corrected chi connectivity index (χ3v) is 4.14. The number of nitrogens with one attached hydrogen (secondary N) is 2. The summed E-state index contributed by atoms with van der Waals surface area (Å²) >= 11 is 0. The number of nitrogens with zero attached hydrogens (tertiary/aromatic N) is 4. The molecular formula is C17H22N6O2. The van der Waals surface area contributed by atoms with E-state index in [2.05, 4.69) is 20.6 Å². The van der Waals surface area contributed by atoms with Crippen LogP contribution >= 0.6 is 0 Å². The molecule has 1 aliphatic rings. The number of urea groups is 1. The summed E-state index contributed by atoms with van der Waals surface area (Å²) in [5.41, 5.74) is 0.924. The lowest BCUT2D eigenvalue weighted by Crippen LogP contribution is -2.51. The lowest BCUT2D eigenvalue weighted by molar-refractivity contribution is -0.119. The number of imidazole rings is 1. The topological polar surface area (TPSA) is 92.2 Å². The monoisotopic (exact) mass is 342 g/mol. The molecule has 8 nitrogen and oxygen atoms in total. The second-order valence-corrected chi connectivity index (χ2v) is 6.14. The van der Waals surface area contributed by atoms with Crippen LogP contribution in [0.1, 0.15) is 25.3 Å². The van der Waals surface area contributed by atoms with E-state index < -0.39 is 0 Å². The molecule has 0 aromatic carbocycles. The van der Waals surface area contributed by atoms with Crippen LogP contribution in [0.2, 0.25) is 0 Å². The van der Waals surface area contributed by atoms with Crippen molar-refractivity contribution in [1.29, 1.82) is 0 Å². The van der Waals surface area contributed by atoms with E-state index in [-0.39, 0.29) is 18.0 Å². The highest BCUT2D eigenvalue weighted by Gasteiger charge is 2.23. The largest absolute Gasteiger partial charge is 0.352 e. The summed E-state index contributed by atoms with van der Waals surface area (Å²) in [5.74, 6) is 0.720. The standard InChI is InChI=1S/C17H22N6O2/c1-13(24)21-15-3-2-7-22(11-15)17(25)20-10-14-4-5-16(19-9-14)23-8-6-18-12-23/h4-6,8-9,12,15H,2-3,7,10-11H2,1H3,(H,20,25)(H,21,24). The smallest absolute Gasteiger partial charge is 0.317 e. The normalized spacial score (nSPS) is 17.2. The van der Waals surface area contributed by atoms with Gasteiger partial charge >= 0.3 is 6.03 Å². The zero-order chi connectivity index (χ0) is 17.6. The maximum absolute atomic E-state index is 12.3. The zero-order valence-corrected chi connectivity index (χ0v) is 14.2. The second-order valence-electron chi connectivity index (χ2n) is 6.14. The molecule has 0 bridgehead atoms. The van der Waals surface area contributed by atoms with Crippen molar-refractivity contribution in [1.82, 2.24) is 30.1 Å². The number of carbonyl (C=O) groups is 2. The van der Waals surface area contributed by atoms with E-state index >= 15 is 0 Å². The SMILES string of the molecule is CC(=O)NC1CCCN(C(=O)NCc2ccc(-n3ccnc3)nc2)C1. The zero-order valence-electron chi connectivity index (χ0n) is 14.2. The van der Waals surface area contributed by atoms with Crippen molar-refractivity contribution in [2.75, 3.05) is 13.1 Å². The van der Waals surface area contributed by atoms with Crippen LogP contribution < -0.4 is 10.6 Å². The first-order chi connectivity index (χ1) is 12.1. The molecule has 8 heteroatoms. The number of hydrogen-bond acceptors (Lipinski definition) is 4. The van der Waals surface area contributed by atoms with Crippen molar-refractivity contribution in [2.24, 2.45) is 0 Å². The fourth-order valence-corrected chi connectivity index (χ4v) is 2.92. The minimum absolute atomic E-state index is 0.0353. The van der Waals surface area contributed by atoms with Gasteiger partial charge in [0.2, 0.25) is 5.91 Å². The van der Waals surface area contributed by atoms with Gasteiger partial charge in [-0.3, -0.25) is 9.36 Å². The molecule has 25 heavy (non-hydrogen) atoms. The van der Waals surface area contributed by atoms with Crippen LogP contribution in [0.3, 0.4) is 0 Å². The van der Waals surface area contributed by atoms with Crippen molar-refractivity contribution in [2.45, 2.75) is 32.4 Å². The molecule has 0 spiro atoms. The molecular weight excluding hydrogens is 320 g/mol. The quantitative estimate of drug-likeness (QED) is 0.869. The van der Waals surface area contributed by atoms with Gasteiger partial charge in [0.05, 0.1) is 0 Å². The molecule has 1 atom stereocenters. The molecule has 0 saturated carbocycles. The fraction of sp³-hybridized carbons (Fsp3) is 0.412. The molecule has 132 valence electrons. The highest BCUT2D eigenvalue weighted by Crippen LogP contribution is 2.11. The van der Waals surface area contributed by atoms with E-state index in [1.807, 2.05) is 22.9 Å². The molecule has 3 heterocycles. The summed E-state index contributed by atoms with van der Waals surface area (Å²) in [6.45, 7) is 3.17. The summed E-state index contributed by atoms with van der Waals surface area (Å²) < 4.78 is 1.82. The van der Waals surface area contributed by atoms with Gasteiger partial charge < -0.3 is 15.5 Å². The predicted octanol–water partition coefficient (Wildman–Crippen LogP) is 1.08. The average molecular weight is 342 g/mol. The van der Waals surface area contributed by atoms with Gasteiger partial charge in [-0.2, -0.15) is 0 Å². The van der Waals surface area contributed by atoms with Crippen LogP contribution in [0.4, 0.5) is 4.79 Å². The number of carbonyl (C=O) groups excluding carboxylic acids is 2. The van der Waals surface area contributed by atoms with Gasteiger partial charge in [0.25, 0.3) is 0 Å². The fourth-order valence-electron chi connectivity index (χ4n) is 2.92. The van der Waals surface area contributed by atoms with Crippen LogP contribution in [-0.4, -0.2) is 50.5 Å². The third kappa shape index (κ3) is 4.56. The molecule has 0 aliphatic carbocycles. The summed E-state index contributed by atoms with van der Waals surface area (Å²) in [6.07, 6.45) is 8.74. The minimum Gasteiger partial charge on any atom is -0.352 e. The lowest BCUT2D eigenvalue weighted by atomic mass is 10.1. The molecule has 1 saturated heterocycles. The van der Waals surface area contributed by atoms with Crippen molar-refractivity contribution in [3.05, 3.63) is 42.6 Å². The number of amides is 3. The summed E-state index contributed by atoms with van der Waals surface area (Å²) in [7, 11) is 0. The minimum atomic E-state index is -0.117. The van der Waals surface area contributed by atoms with Gasteiger partial charge in [0.15, 0.2) is 0 Å². The first-order valence-electron chi connectivity index (χ1n) is 8.35. The molecule has 3 rings (SSSR count). The van der Waals surface area contributed by atoms with Crippen molar-refractivity contribution >= 4 is 11.9 Å². The highest BCUT2D eigenvalue weighted by atomic mass is 16.2. The summed E-state index contributed by atoms with van der Waals surface area (Å²) in [5, 5.41) is 5.79. The molecule has 0 radical (unpaired) electrons. The van der Waals surface area contributed by atoms with E-state index in [4.69, 9.17) is 0 Å². The first-order valence-corrected chi connectivity index (χ1v) is 8.35. The van der Waals surface area contributed by atoms with E-state index in [9.17, 15) is 9.59 Å². The number of aromatic nitrogens is 3. The maximum Gasteiger partial charge on any atom is 0.317 e. The van der Waals surface area contributed by atoms with Crippen molar-refractivity contribution in [3.8, 4) is 5.82 Å². The number of rotatable bonds is 4. The highest BCUT2D eigenvalue weighted by molar-refractivity contribution is 5.75. The Hall–Kier alpha value is -2.90. The predicted molar refractivity (Wildman–Crippen MR) is 92.0 cm³/mol. The number of piperidine rings is 1. The molecule has 2 aromatic rings. The first kappa shape index (κ1) is 16.9. The average Bonchev–Trinajstić information content (AvgIpc) is 3.14. The Morgan fingerprint density at radius 2 is 2.24 bits per heavy atom. The number of hydrogen-bond donors (Lipinski definition) is 2. The summed E-state index contributed by atoms with van der Waals surface area (Å²) in [4.78, 5) is 33.6. The number of likely N-dealkylation sites (tertiary alicyclic amines) is 1.